The number of rotatable bonds is 6. The van der Waals surface area contributed by atoms with E-state index >= 15 is 0 Å². The topological polar surface area (TPSA) is 39.7 Å². The molecule has 28 heavy (non-hydrogen) atoms. The second kappa shape index (κ2) is 8.63. The fourth-order valence-corrected chi connectivity index (χ4v) is 3.40. The highest BCUT2D eigenvalue weighted by Crippen LogP contribution is 2.33. The Balaban J connectivity index is 1.43. The number of nitrogens with one attached hydrogen (secondary N) is 1. The summed E-state index contributed by atoms with van der Waals surface area (Å²) in [7, 11) is 0. The van der Waals surface area contributed by atoms with Crippen LogP contribution < -0.4 is 19.5 Å². The van der Waals surface area contributed by atoms with E-state index in [4.69, 9.17) is 37.4 Å². The number of ether oxygens (including phenoxy) is 3. The second-order valence-electron chi connectivity index (χ2n) is 6.34. The monoisotopic (exact) mass is 415 g/mol. The van der Waals surface area contributed by atoms with Gasteiger partial charge < -0.3 is 19.5 Å². The number of hydrogen-bond donors (Lipinski definition) is 1. The van der Waals surface area contributed by atoms with Crippen LogP contribution >= 0.6 is 23.2 Å². The molecular formula is C22H19Cl2NO3. The SMILES string of the molecule is Clc1ccc(COc2ccccc2CNc2ccc3c(c2)OCCO3)c(Cl)c1. The third kappa shape index (κ3) is 4.46. The average Bonchev–Trinajstić information content (AvgIpc) is 2.72. The van der Waals surface area contributed by atoms with Gasteiger partial charge in [0.2, 0.25) is 0 Å². The van der Waals surface area contributed by atoms with E-state index in [-0.39, 0.29) is 0 Å². The van der Waals surface area contributed by atoms with Gasteiger partial charge in [0.05, 0.1) is 0 Å². The fraction of sp³-hybridized carbons (Fsp3) is 0.182. The molecule has 0 saturated carbocycles. The molecule has 6 heteroatoms. The molecule has 3 aromatic carbocycles. The zero-order valence-electron chi connectivity index (χ0n) is 15.1. The Morgan fingerprint density at radius 2 is 1.68 bits per heavy atom. The van der Waals surface area contributed by atoms with Gasteiger partial charge in [0, 0.05) is 39.5 Å². The summed E-state index contributed by atoms with van der Waals surface area (Å²) >= 11 is 12.2. The van der Waals surface area contributed by atoms with Gasteiger partial charge in [0.1, 0.15) is 25.6 Å². The van der Waals surface area contributed by atoms with Crippen LogP contribution in [0.3, 0.4) is 0 Å². The summed E-state index contributed by atoms with van der Waals surface area (Å²) in [5, 5.41) is 4.62. The van der Waals surface area contributed by atoms with Gasteiger partial charge >= 0.3 is 0 Å². The minimum absolute atomic E-state index is 0.372. The van der Waals surface area contributed by atoms with Gasteiger partial charge in [-0.15, -0.1) is 0 Å². The lowest BCUT2D eigenvalue weighted by Gasteiger charge is -2.19. The van der Waals surface area contributed by atoms with Gasteiger partial charge in [-0.1, -0.05) is 47.5 Å². The van der Waals surface area contributed by atoms with Crippen LogP contribution in [0.1, 0.15) is 11.1 Å². The van der Waals surface area contributed by atoms with Crippen LogP contribution in [0.5, 0.6) is 17.2 Å². The van der Waals surface area contributed by atoms with Crippen molar-refractivity contribution in [2.24, 2.45) is 0 Å². The molecular weight excluding hydrogens is 397 g/mol. The predicted octanol–water partition coefficient (Wildman–Crippen LogP) is 5.96. The van der Waals surface area contributed by atoms with Crippen LogP contribution in [0.25, 0.3) is 0 Å². The van der Waals surface area contributed by atoms with Crippen molar-refractivity contribution in [3.05, 3.63) is 81.8 Å². The molecule has 0 spiro atoms. The van der Waals surface area contributed by atoms with Gasteiger partial charge in [-0.25, -0.2) is 0 Å². The molecule has 0 aliphatic carbocycles. The third-order valence-corrected chi connectivity index (χ3v) is 4.98. The smallest absolute Gasteiger partial charge is 0.163 e. The number of fused-ring (bicyclic) bond motifs is 1. The van der Waals surface area contributed by atoms with Gasteiger partial charge in [-0.3, -0.25) is 0 Å². The Kier molecular flexibility index (Phi) is 5.79. The molecule has 0 fully saturated rings. The Bertz CT molecular complexity index is 978. The van der Waals surface area contributed by atoms with Crippen LogP contribution in [-0.4, -0.2) is 13.2 Å². The van der Waals surface area contributed by atoms with Crippen LogP contribution in [0.15, 0.2) is 60.7 Å². The molecule has 1 N–H and O–H groups in total. The highest BCUT2D eigenvalue weighted by Gasteiger charge is 2.12. The van der Waals surface area contributed by atoms with Crippen molar-refractivity contribution in [1.29, 1.82) is 0 Å². The summed E-state index contributed by atoms with van der Waals surface area (Å²) in [6, 6.07) is 19.2. The van der Waals surface area contributed by atoms with Gasteiger partial charge in [0.25, 0.3) is 0 Å². The molecule has 0 aromatic heterocycles. The summed E-state index contributed by atoms with van der Waals surface area (Å²) in [5.74, 6) is 2.34. The first kappa shape index (κ1) is 18.8. The highest BCUT2D eigenvalue weighted by atomic mass is 35.5. The summed E-state index contributed by atoms with van der Waals surface area (Å²) in [5.41, 5.74) is 2.89. The van der Waals surface area contributed by atoms with Crippen molar-refractivity contribution >= 4 is 28.9 Å². The molecule has 0 bridgehead atoms. The third-order valence-electron chi connectivity index (χ3n) is 4.40. The van der Waals surface area contributed by atoms with Crippen molar-refractivity contribution in [2.75, 3.05) is 18.5 Å². The molecule has 0 radical (unpaired) electrons. The van der Waals surface area contributed by atoms with Crippen LogP contribution in [0.2, 0.25) is 10.0 Å². The molecule has 0 amide bonds. The number of para-hydroxylation sites is 1. The molecule has 1 heterocycles. The number of halogens is 2. The number of hydrogen-bond acceptors (Lipinski definition) is 4. The van der Waals surface area contributed by atoms with Crippen molar-refractivity contribution < 1.29 is 14.2 Å². The first-order chi connectivity index (χ1) is 13.7. The number of anilines is 1. The molecule has 0 saturated heterocycles. The maximum Gasteiger partial charge on any atom is 0.163 e. The van der Waals surface area contributed by atoms with E-state index in [2.05, 4.69) is 5.32 Å². The molecule has 0 atom stereocenters. The van der Waals surface area contributed by atoms with E-state index < -0.39 is 0 Å². The zero-order valence-corrected chi connectivity index (χ0v) is 16.6. The molecule has 144 valence electrons. The van der Waals surface area contributed by atoms with Crippen molar-refractivity contribution in [3.63, 3.8) is 0 Å². The van der Waals surface area contributed by atoms with E-state index in [1.54, 1.807) is 6.07 Å². The molecule has 3 aromatic rings. The van der Waals surface area contributed by atoms with E-state index in [1.165, 1.54) is 0 Å². The predicted molar refractivity (Wildman–Crippen MR) is 112 cm³/mol. The average molecular weight is 416 g/mol. The van der Waals surface area contributed by atoms with Crippen molar-refractivity contribution in [1.82, 2.24) is 0 Å². The van der Waals surface area contributed by atoms with E-state index in [0.29, 0.717) is 36.4 Å². The largest absolute Gasteiger partial charge is 0.488 e. The standard InChI is InChI=1S/C22H19Cl2NO3/c23-17-6-5-16(19(24)11-17)14-28-20-4-2-1-3-15(20)13-25-18-7-8-21-22(12-18)27-10-9-26-21/h1-8,11-12,25H,9-10,13-14H2. The fourth-order valence-electron chi connectivity index (χ4n) is 2.94. The summed E-state index contributed by atoms with van der Waals surface area (Å²) in [6.07, 6.45) is 0. The molecule has 1 aliphatic rings. The minimum Gasteiger partial charge on any atom is -0.488 e. The Morgan fingerprint density at radius 1 is 0.857 bits per heavy atom. The van der Waals surface area contributed by atoms with Crippen LogP contribution in [-0.2, 0) is 13.2 Å². The Morgan fingerprint density at radius 3 is 2.54 bits per heavy atom. The minimum atomic E-state index is 0.372. The molecule has 1 aliphatic heterocycles. The lowest BCUT2D eigenvalue weighted by atomic mass is 10.2. The zero-order chi connectivity index (χ0) is 19.3. The van der Waals surface area contributed by atoms with Crippen molar-refractivity contribution in [3.8, 4) is 17.2 Å². The normalized spacial score (nSPS) is 12.5. The van der Waals surface area contributed by atoms with Crippen molar-refractivity contribution in [2.45, 2.75) is 13.2 Å². The molecule has 0 unspecified atom stereocenters. The lowest BCUT2D eigenvalue weighted by Crippen LogP contribution is -2.15. The first-order valence-corrected chi connectivity index (χ1v) is 9.73. The van der Waals surface area contributed by atoms with E-state index in [0.717, 1.165) is 34.1 Å². The Hall–Kier alpha value is -2.56. The molecule has 4 nitrogen and oxygen atoms in total. The summed E-state index contributed by atoms with van der Waals surface area (Å²) < 4.78 is 17.2. The quantitative estimate of drug-likeness (QED) is 0.539. The maximum absolute atomic E-state index is 6.24. The second-order valence-corrected chi connectivity index (χ2v) is 7.19. The van der Waals surface area contributed by atoms with Gasteiger partial charge in [-0.2, -0.15) is 0 Å². The van der Waals surface area contributed by atoms with Gasteiger partial charge in [-0.05, 0) is 30.3 Å². The van der Waals surface area contributed by atoms with Crippen LogP contribution in [0.4, 0.5) is 5.69 Å². The first-order valence-electron chi connectivity index (χ1n) is 8.97. The van der Waals surface area contributed by atoms with Gasteiger partial charge in [0.15, 0.2) is 11.5 Å². The summed E-state index contributed by atoms with van der Waals surface area (Å²) in [6.45, 7) is 2.14. The summed E-state index contributed by atoms with van der Waals surface area (Å²) in [4.78, 5) is 0. The van der Waals surface area contributed by atoms with Crippen LogP contribution in [0, 0.1) is 0 Å². The molecule has 4 rings (SSSR count). The Labute approximate surface area is 173 Å². The number of benzene rings is 3. The lowest BCUT2D eigenvalue weighted by molar-refractivity contribution is 0.171. The maximum atomic E-state index is 6.24. The highest BCUT2D eigenvalue weighted by molar-refractivity contribution is 6.35. The van der Waals surface area contributed by atoms with E-state index in [1.807, 2.05) is 54.6 Å². The van der Waals surface area contributed by atoms with E-state index in [9.17, 15) is 0 Å².